The maximum Gasteiger partial charge on any atom is -0.0162 e. The summed E-state index contributed by atoms with van der Waals surface area (Å²) in [6.07, 6.45) is 2.56. The molecular formula is C13H20. The second-order valence-electron chi connectivity index (χ2n) is 4.15. The van der Waals surface area contributed by atoms with Crippen molar-refractivity contribution in [2.75, 3.05) is 0 Å². The lowest BCUT2D eigenvalue weighted by Crippen LogP contribution is -2.01. The number of hydrogen-bond acceptors (Lipinski definition) is 0. The molecule has 0 spiro atoms. The van der Waals surface area contributed by atoms with Crippen LogP contribution in [0.15, 0.2) is 30.3 Å². The van der Waals surface area contributed by atoms with E-state index in [-0.39, 0.29) is 0 Å². The molecule has 0 radical (unpaired) electrons. The second kappa shape index (κ2) is 5.06. The van der Waals surface area contributed by atoms with Gasteiger partial charge in [-0.1, -0.05) is 51.1 Å². The normalized spacial score (nSPS) is 13.2. The van der Waals surface area contributed by atoms with Crippen molar-refractivity contribution in [1.82, 2.24) is 0 Å². The van der Waals surface area contributed by atoms with Crippen molar-refractivity contribution in [1.29, 1.82) is 0 Å². The molecule has 0 heterocycles. The minimum Gasteiger partial charge on any atom is -0.0648 e. The van der Waals surface area contributed by atoms with Crippen LogP contribution in [0, 0.1) is 5.92 Å². The maximum absolute atomic E-state index is 2.30. The van der Waals surface area contributed by atoms with Crippen LogP contribution in [0.4, 0.5) is 0 Å². The molecule has 1 atom stereocenters. The molecule has 0 aliphatic heterocycles. The first-order valence-electron chi connectivity index (χ1n) is 5.29. The molecule has 0 amide bonds. The van der Waals surface area contributed by atoms with Gasteiger partial charge in [0.05, 0.1) is 0 Å². The molecule has 0 nitrogen and oxygen atoms in total. The zero-order chi connectivity index (χ0) is 9.68. The third-order valence-electron chi connectivity index (χ3n) is 2.52. The molecule has 1 aromatic carbocycles. The summed E-state index contributed by atoms with van der Waals surface area (Å²) >= 11 is 0. The first-order chi connectivity index (χ1) is 6.24. The van der Waals surface area contributed by atoms with Crippen molar-refractivity contribution in [3.63, 3.8) is 0 Å². The molecule has 1 aromatic rings. The van der Waals surface area contributed by atoms with E-state index in [4.69, 9.17) is 0 Å². The Balaban J connectivity index is 2.67. The van der Waals surface area contributed by atoms with Crippen LogP contribution in [0.25, 0.3) is 0 Å². The van der Waals surface area contributed by atoms with Gasteiger partial charge in [-0.3, -0.25) is 0 Å². The van der Waals surface area contributed by atoms with Crippen molar-refractivity contribution >= 4 is 0 Å². The van der Waals surface area contributed by atoms with Crippen LogP contribution in [0.1, 0.15) is 45.1 Å². The molecule has 13 heavy (non-hydrogen) atoms. The summed E-state index contributed by atoms with van der Waals surface area (Å²) in [6.45, 7) is 6.87. The Hall–Kier alpha value is -0.780. The highest BCUT2D eigenvalue weighted by Crippen LogP contribution is 2.26. The molecule has 0 heteroatoms. The molecule has 0 aliphatic carbocycles. The minimum absolute atomic E-state index is 0.751. The molecule has 0 unspecified atom stereocenters. The van der Waals surface area contributed by atoms with Crippen LogP contribution in [-0.4, -0.2) is 0 Å². The molecule has 0 saturated carbocycles. The SMILES string of the molecule is CC[C@H](CC(C)C)c1ccccc1. The smallest absolute Gasteiger partial charge is 0.0162 e. The summed E-state index contributed by atoms with van der Waals surface area (Å²) in [4.78, 5) is 0. The van der Waals surface area contributed by atoms with E-state index in [2.05, 4.69) is 51.1 Å². The highest BCUT2D eigenvalue weighted by molar-refractivity contribution is 5.19. The van der Waals surface area contributed by atoms with E-state index < -0.39 is 0 Å². The summed E-state index contributed by atoms with van der Waals surface area (Å²) in [5.74, 6) is 1.55. The first kappa shape index (κ1) is 10.3. The fourth-order valence-electron chi connectivity index (χ4n) is 1.83. The van der Waals surface area contributed by atoms with E-state index in [0.717, 1.165) is 11.8 Å². The van der Waals surface area contributed by atoms with Crippen LogP contribution >= 0.6 is 0 Å². The summed E-state index contributed by atoms with van der Waals surface area (Å²) in [5, 5.41) is 0. The molecule has 0 aliphatic rings. The second-order valence-corrected chi connectivity index (χ2v) is 4.15. The van der Waals surface area contributed by atoms with Crippen LogP contribution in [-0.2, 0) is 0 Å². The molecular weight excluding hydrogens is 156 g/mol. The Morgan fingerprint density at radius 1 is 1.08 bits per heavy atom. The van der Waals surface area contributed by atoms with Crippen LogP contribution in [0.2, 0.25) is 0 Å². The fourth-order valence-corrected chi connectivity index (χ4v) is 1.83. The molecule has 0 N–H and O–H groups in total. The van der Waals surface area contributed by atoms with E-state index in [9.17, 15) is 0 Å². The van der Waals surface area contributed by atoms with Gasteiger partial charge in [-0.15, -0.1) is 0 Å². The molecule has 0 bridgehead atoms. The van der Waals surface area contributed by atoms with Gasteiger partial charge in [0.15, 0.2) is 0 Å². The maximum atomic E-state index is 2.30. The summed E-state index contributed by atoms with van der Waals surface area (Å²) in [5.41, 5.74) is 1.50. The fraction of sp³-hybridized carbons (Fsp3) is 0.538. The molecule has 0 fully saturated rings. The average Bonchev–Trinajstić information content (AvgIpc) is 2.15. The third-order valence-corrected chi connectivity index (χ3v) is 2.52. The van der Waals surface area contributed by atoms with Crippen molar-refractivity contribution in [3.8, 4) is 0 Å². The van der Waals surface area contributed by atoms with Gasteiger partial charge in [0.2, 0.25) is 0 Å². The highest BCUT2D eigenvalue weighted by Gasteiger charge is 2.09. The highest BCUT2D eigenvalue weighted by atomic mass is 14.1. The number of hydrogen-bond donors (Lipinski definition) is 0. The molecule has 1 rings (SSSR count). The van der Waals surface area contributed by atoms with Gasteiger partial charge in [0, 0.05) is 0 Å². The first-order valence-corrected chi connectivity index (χ1v) is 5.29. The van der Waals surface area contributed by atoms with Gasteiger partial charge in [-0.2, -0.15) is 0 Å². The lowest BCUT2D eigenvalue weighted by atomic mass is 9.88. The zero-order valence-electron chi connectivity index (χ0n) is 8.96. The molecule has 0 saturated heterocycles. The molecule has 72 valence electrons. The van der Waals surface area contributed by atoms with Gasteiger partial charge < -0.3 is 0 Å². The largest absolute Gasteiger partial charge is 0.0648 e. The third kappa shape index (κ3) is 3.22. The summed E-state index contributed by atoms with van der Waals surface area (Å²) < 4.78 is 0. The van der Waals surface area contributed by atoms with Gasteiger partial charge in [-0.05, 0) is 30.2 Å². The lowest BCUT2D eigenvalue weighted by molar-refractivity contribution is 0.489. The average molecular weight is 176 g/mol. The van der Waals surface area contributed by atoms with Gasteiger partial charge in [-0.25, -0.2) is 0 Å². The van der Waals surface area contributed by atoms with Crippen molar-refractivity contribution in [3.05, 3.63) is 35.9 Å². The summed E-state index contributed by atoms with van der Waals surface area (Å²) in [7, 11) is 0. The monoisotopic (exact) mass is 176 g/mol. The van der Waals surface area contributed by atoms with Gasteiger partial charge in [0.1, 0.15) is 0 Å². The standard InChI is InChI=1S/C13H20/c1-4-12(10-11(2)3)13-8-6-5-7-9-13/h5-9,11-12H,4,10H2,1-3H3/t12-/m1/s1. The topological polar surface area (TPSA) is 0 Å². The Morgan fingerprint density at radius 2 is 1.69 bits per heavy atom. The van der Waals surface area contributed by atoms with Crippen molar-refractivity contribution < 1.29 is 0 Å². The predicted octanol–water partition coefficient (Wildman–Crippen LogP) is 4.23. The van der Waals surface area contributed by atoms with Crippen LogP contribution < -0.4 is 0 Å². The van der Waals surface area contributed by atoms with E-state index in [1.54, 1.807) is 0 Å². The Kier molecular flexibility index (Phi) is 4.01. The van der Waals surface area contributed by atoms with E-state index in [1.165, 1.54) is 18.4 Å². The zero-order valence-corrected chi connectivity index (χ0v) is 8.96. The summed E-state index contributed by atoms with van der Waals surface area (Å²) in [6, 6.07) is 10.9. The number of rotatable bonds is 4. The predicted molar refractivity (Wildman–Crippen MR) is 58.9 cm³/mol. The van der Waals surface area contributed by atoms with E-state index >= 15 is 0 Å². The Bertz CT molecular complexity index is 223. The quantitative estimate of drug-likeness (QED) is 0.644. The Labute approximate surface area is 82.0 Å². The lowest BCUT2D eigenvalue weighted by Gasteiger charge is -2.17. The van der Waals surface area contributed by atoms with Gasteiger partial charge in [0.25, 0.3) is 0 Å². The number of benzene rings is 1. The van der Waals surface area contributed by atoms with Crippen LogP contribution in [0.5, 0.6) is 0 Å². The van der Waals surface area contributed by atoms with Crippen molar-refractivity contribution in [2.45, 2.75) is 39.5 Å². The molecule has 0 aromatic heterocycles. The Morgan fingerprint density at radius 3 is 2.15 bits per heavy atom. The van der Waals surface area contributed by atoms with Crippen LogP contribution in [0.3, 0.4) is 0 Å². The van der Waals surface area contributed by atoms with Gasteiger partial charge >= 0.3 is 0 Å². The van der Waals surface area contributed by atoms with E-state index in [1.807, 2.05) is 0 Å². The van der Waals surface area contributed by atoms with E-state index in [0.29, 0.717) is 0 Å². The minimum atomic E-state index is 0.751. The van der Waals surface area contributed by atoms with Crippen molar-refractivity contribution in [2.24, 2.45) is 5.92 Å².